The summed E-state index contributed by atoms with van der Waals surface area (Å²) in [5.41, 5.74) is 15.8. The van der Waals surface area contributed by atoms with Gasteiger partial charge in [0.15, 0.2) is 23.1 Å². The Labute approximate surface area is 352 Å². The summed E-state index contributed by atoms with van der Waals surface area (Å²) in [5, 5.41) is 2.27. The van der Waals surface area contributed by atoms with Crippen LogP contribution in [0, 0.1) is 0 Å². The van der Waals surface area contributed by atoms with E-state index >= 15 is 0 Å². The van der Waals surface area contributed by atoms with Crippen molar-refractivity contribution in [2.24, 2.45) is 0 Å². The molecule has 6 heteroatoms. The first-order chi connectivity index (χ1) is 30.0. The number of hydrogen-bond donors (Lipinski definition) is 0. The van der Waals surface area contributed by atoms with Crippen molar-refractivity contribution in [3.8, 4) is 73.6 Å². The van der Waals surface area contributed by atoms with Crippen molar-refractivity contribution >= 4 is 32.9 Å². The number of oxazole rings is 1. The van der Waals surface area contributed by atoms with Gasteiger partial charge in [-0.05, 0) is 94.5 Å². The Morgan fingerprint density at radius 1 is 0.426 bits per heavy atom. The Hall–Kier alpha value is -7.96. The van der Waals surface area contributed by atoms with Crippen LogP contribution in [0.1, 0.15) is 25.0 Å². The van der Waals surface area contributed by atoms with Crippen LogP contribution < -0.4 is 0 Å². The van der Waals surface area contributed by atoms with E-state index in [4.69, 9.17) is 24.4 Å². The predicted molar refractivity (Wildman–Crippen MR) is 246 cm³/mol. The monoisotopic (exact) mass is 783 g/mol. The second-order valence-corrected chi connectivity index (χ2v) is 16.3. The molecular formula is C55H37N5O. The summed E-state index contributed by atoms with van der Waals surface area (Å²) in [6.45, 7) is 4.63. The quantitative estimate of drug-likeness (QED) is 0.168. The van der Waals surface area contributed by atoms with E-state index in [1.54, 1.807) is 0 Å². The van der Waals surface area contributed by atoms with Crippen molar-refractivity contribution in [1.29, 1.82) is 0 Å². The Bertz CT molecular complexity index is 3420. The van der Waals surface area contributed by atoms with Crippen molar-refractivity contribution in [3.05, 3.63) is 199 Å². The van der Waals surface area contributed by atoms with Crippen LogP contribution in [0.2, 0.25) is 0 Å². The van der Waals surface area contributed by atoms with Gasteiger partial charge in [-0.25, -0.2) is 19.9 Å². The normalized spacial score (nSPS) is 12.9. The van der Waals surface area contributed by atoms with Crippen molar-refractivity contribution in [2.45, 2.75) is 19.3 Å². The molecule has 0 unspecified atom stereocenters. The molecule has 61 heavy (non-hydrogen) atoms. The Morgan fingerprint density at radius 2 is 0.934 bits per heavy atom. The van der Waals surface area contributed by atoms with Crippen LogP contribution in [-0.4, -0.2) is 24.5 Å². The molecule has 0 radical (unpaired) electrons. The van der Waals surface area contributed by atoms with E-state index < -0.39 is 0 Å². The largest absolute Gasteiger partial charge is 0.435 e. The lowest BCUT2D eigenvalue weighted by atomic mass is 9.81. The van der Waals surface area contributed by atoms with Crippen LogP contribution in [0.5, 0.6) is 0 Å². The average molecular weight is 784 g/mol. The predicted octanol–water partition coefficient (Wildman–Crippen LogP) is 13.8. The molecule has 3 heterocycles. The van der Waals surface area contributed by atoms with E-state index in [0.717, 1.165) is 77.5 Å². The summed E-state index contributed by atoms with van der Waals surface area (Å²) in [4.78, 5) is 20.0. The molecule has 0 N–H and O–H groups in total. The fraction of sp³-hybridized carbons (Fsp3) is 0.0545. The van der Waals surface area contributed by atoms with Crippen LogP contribution in [0.25, 0.3) is 106 Å². The van der Waals surface area contributed by atoms with Gasteiger partial charge in [-0.1, -0.05) is 135 Å². The van der Waals surface area contributed by atoms with Gasteiger partial charge in [0.2, 0.25) is 5.89 Å². The van der Waals surface area contributed by atoms with Gasteiger partial charge in [0.05, 0.1) is 11.0 Å². The average Bonchev–Trinajstić information content (AvgIpc) is 3.98. The van der Waals surface area contributed by atoms with Crippen LogP contribution >= 0.6 is 0 Å². The first kappa shape index (κ1) is 35.0. The summed E-state index contributed by atoms with van der Waals surface area (Å²) in [6.07, 6.45) is 0. The lowest BCUT2D eigenvalue weighted by molar-refractivity contribution is 0.618. The number of benzene rings is 8. The highest BCUT2D eigenvalue weighted by atomic mass is 16.3. The highest BCUT2D eigenvalue weighted by molar-refractivity contribution is 6.11. The second kappa shape index (κ2) is 13.5. The molecule has 288 valence electrons. The molecule has 0 saturated heterocycles. The zero-order valence-electron chi connectivity index (χ0n) is 33.5. The van der Waals surface area contributed by atoms with Crippen LogP contribution in [0.4, 0.5) is 0 Å². The number of aromatic nitrogens is 5. The zero-order chi connectivity index (χ0) is 40.7. The van der Waals surface area contributed by atoms with E-state index in [1.165, 1.54) is 16.7 Å². The molecule has 0 aliphatic heterocycles. The SMILES string of the molecule is CC1(C)c2cc(-c3ccc4c(c3)c3cc(-c5nc(-c6ccccc6)nc(-c6ccccc6)n5)ccc3n4-c3ccccc3)ccc2-c2c1ccc1nc(-c3ccccc3)oc21. The molecule has 1 aliphatic rings. The maximum atomic E-state index is 6.56. The van der Waals surface area contributed by atoms with Crippen molar-refractivity contribution in [3.63, 3.8) is 0 Å². The molecule has 0 saturated carbocycles. The summed E-state index contributed by atoms with van der Waals surface area (Å²) >= 11 is 0. The molecule has 12 rings (SSSR count). The maximum Gasteiger partial charge on any atom is 0.227 e. The molecule has 0 atom stereocenters. The lowest BCUT2D eigenvalue weighted by Gasteiger charge is -2.22. The molecule has 0 spiro atoms. The first-order valence-corrected chi connectivity index (χ1v) is 20.6. The minimum absolute atomic E-state index is 0.237. The van der Waals surface area contributed by atoms with Gasteiger partial charge in [-0.15, -0.1) is 0 Å². The standard InChI is InChI=1S/C55H37N5O/c1-55(2)44-27-28-46-50(61-54(56-46)36-19-11-5-12-20-36)49(44)41-26-23-38(33-45(41)55)37-24-29-47-42(31-37)43-32-39(25-30-48(43)60(47)40-21-13-6-14-22-40)53-58-51(34-15-7-3-8-16-34)57-52(59-53)35-17-9-4-10-18-35/h3-33H,1-2H3. The number of fused-ring (bicyclic) bond motifs is 8. The Kier molecular flexibility index (Phi) is 7.78. The third-order valence-corrected chi connectivity index (χ3v) is 12.3. The molecule has 0 fully saturated rings. The van der Waals surface area contributed by atoms with Crippen LogP contribution in [-0.2, 0) is 5.41 Å². The maximum absolute atomic E-state index is 6.56. The van der Waals surface area contributed by atoms with E-state index in [-0.39, 0.29) is 5.41 Å². The van der Waals surface area contributed by atoms with Gasteiger partial charge in [0.1, 0.15) is 5.52 Å². The molecule has 1 aliphatic carbocycles. The van der Waals surface area contributed by atoms with E-state index in [1.807, 2.05) is 91.0 Å². The number of rotatable bonds is 6. The molecule has 8 aromatic carbocycles. The molecular weight excluding hydrogens is 747 g/mol. The summed E-state index contributed by atoms with van der Waals surface area (Å²) in [5.74, 6) is 2.55. The topological polar surface area (TPSA) is 69.6 Å². The van der Waals surface area contributed by atoms with Gasteiger partial charge in [0.25, 0.3) is 0 Å². The van der Waals surface area contributed by atoms with E-state index in [0.29, 0.717) is 23.4 Å². The van der Waals surface area contributed by atoms with E-state index in [9.17, 15) is 0 Å². The summed E-state index contributed by atoms with van der Waals surface area (Å²) in [7, 11) is 0. The Morgan fingerprint density at radius 3 is 1.56 bits per heavy atom. The third-order valence-electron chi connectivity index (χ3n) is 12.3. The van der Waals surface area contributed by atoms with Crippen molar-refractivity contribution < 1.29 is 4.42 Å². The van der Waals surface area contributed by atoms with Crippen molar-refractivity contribution in [1.82, 2.24) is 24.5 Å². The molecule has 11 aromatic rings. The third kappa shape index (κ3) is 5.64. The first-order valence-electron chi connectivity index (χ1n) is 20.6. The minimum atomic E-state index is -0.237. The second-order valence-electron chi connectivity index (χ2n) is 16.3. The van der Waals surface area contributed by atoms with Crippen LogP contribution in [0.15, 0.2) is 192 Å². The molecule has 0 amide bonds. The molecule has 0 bridgehead atoms. The molecule has 3 aromatic heterocycles. The Balaban J connectivity index is 1.02. The minimum Gasteiger partial charge on any atom is -0.435 e. The van der Waals surface area contributed by atoms with Gasteiger partial charge in [0, 0.05) is 49.7 Å². The van der Waals surface area contributed by atoms with Gasteiger partial charge >= 0.3 is 0 Å². The van der Waals surface area contributed by atoms with Gasteiger partial charge in [-0.2, -0.15) is 0 Å². The number of para-hydroxylation sites is 1. The van der Waals surface area contributed by atoms with Gasteiger partial charge < -0.3 is 8.98 Å². The van der Waals surface area contributed by atoms with Crippen LogP contribution in [0.3, 0.4) is 0 Å². The smallest absolute Gasteiger partial charge is 0.227 e. The lowest BCUT2D eigenvalue weighted by Crippen LogP contribution is -2.14. The fourth-order valence-corrected chi connectivity index (χ4v) is 9.22. The zero-order valence-corrected chi connectivity index (χ0v) is 33.5. The van der Waals surface area contributed by atoms with E-state index in [2.05, 4.69) is 115 Å². The summed E-state index contributed by atoms with van der Waals surface area (Å²) < 4.78 is 8.92. The van der Waals surface area contributed by atoms with Crippen molar-refractivity contribution in [2.75, 3.05) is 0 Å². The van der Waals surface area contributed by atoms with Gasteiger partial charge in [-0.3, -0.25) is 0 Å². The number of nitrogens with zero attached hydrogens (tertiary/aromatic N) is 5. The fourth-order valence-electron chi connectivity index (χ4n) is 9.22. The summed E-state index contributed by atoms with van der Waals surface area (Å²) in [6, 6.07) is 65.6. The highest BCUT2D eigenvalue weighted by Gasteiger charge is 2.38. The number of hydrogen-bond acceptors (Lipinski definition) is 5. The highest BCUT2D eigenvalue weighted by Crippen LogP contribution is 2.52. The molecule has 6 nitrogen and oxygen atoms in total.